The number of fused-ring (bicyclic) bond motifs is 1. The van der Waals surface area contributed by atoms with Crippen LogP contribution in [0, 0.1) is 6.92 Å². The van der Waals surface area contributed by atoms with Gasteiger partial charge in [-0.25, -0.2) is 4.68 Å². The third-order valence-electron chi connectivity index (χ3n) is 3.24. The van der Waals surface area contributed by atoms with E-state index < -0.39 is 0 Å². The number of hydrogen-bond acceptors (Lipinski definition) is 3. The van der Waals surface area contributed by atoms with Crippen molar-refractivity contribution in [3.05, 3.63) is 59.9 Å². The van der Waals surface area contributed by atoms with Crippen LogP contribution in [0.25, 0.3) is 16.5 Å². The van der Waals surface area contributed by atoms with E-state index in [0.717, 1.165) is 22.0 Å². The van der Waals surface area contributed by atoms with Gasteiger partial charge in [0.05, 0.1) is 11.9 Å². The fraction of sp³-hybridized carbons (Fsp3) is 0.0667. The first-order valence-corrected chi connectivity index (χ1v) is 6.22. The maximum atomic E-state index is 8.88. The van der Waals surface area contributed by atoms with Crippen LogP contribution in [0.5, 0.6) is 0 Å². The van der Waals surface area contributed by atoms with E-state index in [4.69, 9.17) is 10.9 Å². The van der Waals surface area contributed by atoms with Gasteiger partial charge in [0.1, 0.15) is 0 Å². The number of rotatable bonds is 2. The highest BCUT2D eigenvalue weighted by molar-refractivity contribution is 6.10. The Hall–Kier alpha value is -2.82. The van der Waals surface area contributed by atoms with E-state index in [1.807, 2.05) is 60.4 Å². The zero-order valence-corrected chi connectivity index (χ0v) is 11.0. The van der Waals surface area contributed by atoms with Crippen LogP contribution < -0.4 is 5.73 Å². The van der Waals surface area contributed by atoms with Crippen molar-refractivity contribution in [1.82, 2.24) is 9.78 Å². The van der Waals surface area contributed by atoms with Gasteiger partial charge in [0.25, 0.3) is 0 Å². The molecule has 0 aliphatic carbocycles. The standard InChI is InChI=1S/C15H14N4O/c1-10-8-17-19(9-10)14-7-6-13(15(16)18-20)11-4-2-3-5-12(11)14/h2-9,20H,1H3,(H2,16,18). The molecule has 1 heterocycles. The van der Waals surface area contributed by atoms with Gasteiger partial charge < -0.3 is 10.9 Å². The van der Waals surface area contributed by atoms with Crippen molar-refractivity contribution in [3.63, 3.8) is 0 Å². The Balaban J connectivity index is 2.32. The van der Waals surface area contributed by atoms with E-state index in [-0.39, 0.29) is 5.84 Å². The van der Waals surface area contributed by atoms with Gasteiger partial charge in [0.2, 0.25) is 0 Å². The molecule has 3 aromatic rings. The summed E-state index contributed by atoms with van der Waals surface area (Å²) in [7, 11) is 0. The minimum atomic E-state index is 0.101. The summed E-state index contributed by atoms with van der Waals surface area (Å²) in [6, 6.07) is 11.6. The molecule has 0 saturated carbocycles. The molecule has 20 heavy (non-hydrogen) atoms. The minimum Gasteiger partial charge on any atom is -0.409 e. The largest absolute Gasteiger partial charge is 0.409 e. The molecule has 0 bridgehead atoms. The molecule has 0 fully saturated rings. The summed E-state index contributed by atoms with van der Waals surface area (Å²) in [6.45, 7) is 2.00. The summed E-state index contributed by atoms with van der Waals surface area (Å²) in [6.07, 6.45) is 3.77. The van der Waals surface area contributed by atoms with Crippen LogP contribution in [0.4, 0.5) is 0 Å². The van der Waals surface area contributed by atoms with E-state index >= 15 is 0 Å². The summed E-state index contributed by atoms with van der Waals surface area (Å²) in [5.74, 6) is 0.101. The molecule has 0 atom stereocenters. The number of aryl methyl sites for hydroxylation is 1. The van der Waals surface area contributed by atoms with E-state index in [1.54, 1.807) is 0 Å². The number of nitrogens with zero attached hydrogens (tertiary/aromatic N) is 3. The van der Waals surface area contributed by atoms with Gasteiger partial charge in [-0.1, -0.05) is 29.4 Å². The Labute approximate surface area is 115 Å². The first kappa shape index (κ1) is 12.2. The molecule has 0 unspecified atom stereocenters. The second-order valence-electron chi connectivity index (χ2n) is 4.63. The highest BCUT2D eigenvalue weighted by atomic mass is 16.4. The quantitative estimate of drug-likeness (QED) is 0.324. The second kappa shape index (κ2) is 4.70. The lowest BCUT2D eigenvalue weighted by atomic mass is 10.0. The number of hydrogen-bond donors (Lipinski definition) is 2. The van der Waals surface area contributed by atoms with E-state index in [9.17, 15) is 0 Å². The first-order chi connectivity index (χ1) is 9.70. The highest BCUT2D eigenvalue weighted by Crippen LogP contribution is 2.25. The molecule has 1 aromatic heterocycles. The lowest BCUT2D eigenvalue weighted by Crippen LogP contribution is -2.14. The van der Waals surface area contributed by atoms with Gasteiger partial charge in [-0.05, 0) is 30.0 Å². The van der Waals surface area contributed by atoms with Gasteiger partial charge in [-0.2, -0.15) is 5.10 Å². The summed E-state index contributed by atoms with van der Waals surface area (Å²) < 4.78 is 1.83. The Morgan fingerprint density at radius 3 is 2.60 bits per heavy atom. The number of aromatic nitrogens is 2. The van der Waals surface area contributed by atoms with Crippen LogP contribution in [-0.4, -0.2) is 20.8 Å². The van der Waals surface area contributed by atoms with Crippen LogP contribution in [0.3, 0.4) is 0 Å². The normalized spacial score (nSPS) is 11.9. The number of oxime groups is 1. The zero-order valence-electron chi connectivity index (χ0n) is 11.0. The van der Waals surface area contributed by atoms with Gasteiger partial charge in [0.15, 0.2) is 5.84 Å². The lowest BCUT2D eigenvalue weighted by Gasteiger charge is -2.10. The van der Waals surface area contributed by atoms with Crippen LogP contribution in [-0.2, 0) is 0 Å². The molecule has 5 heteroatoms. The Morgan fingerprint density at radius 1 is 1.20 bits per heavy atom. The van der Waals surface area contributed by atoms with E-state index in [2.05, 4.69) is 10.3 Å². The van der Waals surface area contributed by atoms with Gasteiger partial charge in [-0.3, -0.25) is 0 Å². The van der Waals surface area contributed by atoms with Crippen molar-refractivity contribution < 1.29 is 5.21 Å². The molecule has 3 N–H and O–H groups in total. The molecule has 100 valence electrons. The second-order valence-corrected chi connectivity index (χ2v) is 4.63. The van der Waals surface area contributed by atoms with Crippen LogP contribution in [0.15, 0.2) is 53.9 Å². The van der Waals surface area contributed by atoms with Crippen molar-refractivity contribution in [3.8, 4) is 5.69 Å². The topological polar surface area (TPSA) is 76.4 Å². The predicted octanol–water partition coefficient (Wildman–Crippen LogP) is 2.43. The molecule has 0 radical (unpaired) electrons. The SMILES string of the molecule is Cc1cnn(-c2ccc(/C(N)=N/O)c3ccccc23)c1. The van der Waals surface area contributed by atoms with Crippen molar-refractivity contribution in [2.75, 3.05) is 0 Å². The van der Waals surface area contributed by atoms with Crippen LogP contribution >= 0.6 is 0 Å². The van der Waals surface area contributed by atoms with Gasteiger partial charge in [-0.15, -0.1) is 0 Å². The summed E-state index contributed by atoms with van der Waals surface area (Å²) in [4.78, 5) is 0. The molecule has 2 aromatic carbocycles. The number of benzene rings is 2. The molecule has 0 aliphatic heterocycles. The average Bonchev–Trinajstić information content (AvgIpc) is 2.91. The molecule has 0 aliphatic rings. The fourth-order valence-electron chi connectivity index (χ4n) is 2.30. The van der Waals surface area contributed by atoms with E-state index in [1.165, 1.54) is 0 Å². The smallest absolute Gasteiger partial charge is 0.170 e. The van der Waals surface area contributed by atoms with Crippen molar-refractivity contribution in [1.29, 1.82) is 0 Å². The Bertz CT molecular complexity index is 804. The molecular formula is C15H14N4O. The summed E-state index contributed by atoms with van der Waals surface area (Å²) in [5, 5.41) is 18.2. The maximum Gasteiger partial charge on any atom is 0.170 e. The van der Waals surface area contributed by atoms with Gasteiger partial charge in [0, 0.05) is 17.1 Å². The molecule has 0 saturated heterocycles. The Kier molecular flexibility index (Phi) is 2.87. The summed E-state index contributed by atoms with van der Waals surface area (Å²) in [5.41, 5.74) is 8.49. The van der Waals surface area contributed by atoms with E-state index in [0.29, 0.717) is 5.56 Å². The van der Waals surface area contributed by atoms with Crippen LogP contribution in [0.1, 0.15) is 11.1 Å². The lowest BCUT2D eigenvalue weighted by molar-refractivity contribution is 0.318. The van der Waals surface area contributed by atoms with Crippen molar-refractivity contribution in [2.24, 2.45) is 10.9 Å². The van der Waals surface area contributed by atoms with Gasteiger partial charge >= 0.3 is 0 Å². The zero-order chi connectivity index (χ0) is 14.1. The highest BCUT2D eigenvalue weighted by Gasteiger charge is 2.10. The predicted molar refractivity (Wildman–Crippen MR) is 78.3 cm³/mol. The molecule has 3 rings (SSSR count). The first-order valence-electron chi connectivity index (χ1n) is 6.22. The fourth-order valence-corrected chi connectivity index (χ4v) is 2.30. The minimum absolute atomic E-state index is 0.101. The third kappa shape index (κ3) is 1.89. The van der Waals surface area contributed by atoms with Crippen LogP contribution in [0.2, 0.25) is 0 Å². The maximum absolute atomic E-state index is 8.88. The monoisotopic (exact) mass is 266 g/mol. The van der Waals surface area contributed by atoms with Crippen molar-refractivity contribution in [2.45, 2.75) is 6.92 Å². The average molecular weight is 266 g/mol. The molecule has 5 nitrogen and oxygen atoms in total. The number of amidine groups is 1. The Morgan fingerprint density at radius 2 is 1.95 bits per heavy atom. The van der Waals surface area contributed by atoms with Crippen molar-refractivity contribution >= 4 is 16.6 Å². The third-order valence-corrected chi connectivity index (χ3v) is 3.24. The molecule has 0 amide bonds. The molecule has 0 spiro atoms. The molecular weight excluding hydrogens is 252 g/mol. The summed E-state index contributed by atoms with van der Waals surface area (Å²) >= 11 is 0. The number of nitrogens with two attached hydrogens (primary N) is 1.